The van der Waals surface area contributed by atoms with E-state index < -0.39 is 51.5 Å². The average molecular weight is 456 g/mol. The van der Waals surface area contributed by atoms with E-state index in [0.29, 0.717) is 19.2 Å². The highest BCUT2D eigenvalue weighted by Crippen LogP contribution is 2.42. The maximum absolute atomic E-state index is 14.4. The van der Waals surface area contributed by atoms with Crippen LogP contribution >= 0.6 is 11.6 Å². The summed E-state index contributed by atoms with van der Waals surface area (Å²) in [5, 5.41) is 1.91. The molecule has 0 aliphatic rings. The molecule has 0 aliphatic heterocycles. The number of hydrogen-bond donors (Lipinski definition) is 1. The number of amides is 1. The Hall–Kier alpha value is -3.02. The van der Waals surface area contributed by atoms with E-state index in [9.17, 15) is 40.7 Å². The molecule has 0 spiro atoms. The first kappa shape index (κ1) is 23.3. The van der Waals surface area contributed by atoms with Gasteiger partial charge in [0.15, 0.2) is 0 Å². The lowest BCUT2D eigenvalue weighted by molar-refractivity contribution is -0.292. The molecule has 6 nitrogen and oxygen atoms in total. The topological polar surface area (TPSA) is 73.1 Å². The monoisotopic (exact) mass is 455 g/mol. The fourth-order valence-corrected chi connectivity index (χ4v) is 2.67. The Balaban J connectivity index is 2.77. The fraction of sp³-hybridized carbons (Fsp3) is 0.235. The summed E-state index contributed by atoms with van der Waals surface area (Å²) in [7, 11) is 0.554. The molecular weight excluding hydrogens is 444 g/mol. The number of rotatable bonds is 5. The molecule has 0 radical (unpaired) electrons. The van der Waals surface area contributed by atoms with Crippen LogP contribution in [0.15, 0.2) is 40.4 Å². The minimum absolute atomic E-state index is 0.00585. The molecule has 30 heavy (non-hydrogen) atoms. The molecule has 1 aromatic carbocycles. The van der Waals surface area contributed by atoms with Crippen LogP contribution in [-0.4, -0.2) is 27.8 Å². The van der Waals surface area contributed by atoms with Crippen LogP contribution in [0.3, 0.4) is 0 Å². The van der Waals surface area contributed by atoms with Crippen LogP contribution in [0.1, 0.15) is 16.1 Å². The minimum atomic E-state index is -6.09. The zero-order valence-corrected chi connectivity index (χ0v) is 15.7. The van der Waals surface area contributed by atoms with Gasteiger partial charge in [0.05, 0.1) is 16.3 Å². The number of hydrogen-bond acceptors (Lipinski definition) is 3. The summed E-state index contributed by atoms with van der Waals surface area (Å²) in [6.07, 6.45) is -4.77. The van der Waals surface area contributed by atoms with Crippen molar-refractivity contribution >= 4 is 17.5 Å². The maximum atomic E-state index is 14.4. The zero-order chi connectivity index (χ0) is 23.0. The van der Waals surface area contributed by atoms with Gasteiger partial charge >= 0.3 is 17.8 Å². The van der Waals surface area contributed by atoms with E-state index in [1.54, 1.807) is 0 Å². The number of nitrogens with one attached hydrogen (secondary N) is 1. The fourth-order valence-electron chi connectivity index (χ4n) is 2.44. The Kier molecular flexibility index (Phi) is 6.21. The molecule has 1 heterocycles. The number of nitrogens with zero attached hydrogens (tertiary/aromatic N) is 2. The highest BCUT2D eigenvalue weighted by atomic mass is 35.5. The Morgan fingerprint density at radius 2 is 1.80 bits per heavy atom. The molecule has 0 saturated carbocycles. The van der Waals surface area contributed by atoms with Crippen molar-refractivity contribution in [2.45, 2.75) is 12.1 Å². The summed E-state index contributed by atoms with van der Waals surface area (Å²) >= 11 is 5.79. The molecule has 2 rings (SSSR count). The SMILES string of the molecule is C=CCNC(=O)c1cc(-n2c(=O)cc(C(F)(F)C(F)(F)F)n(C)c2=O)c(F)cc1Cl. The number of carbonyl (C=O) groups excluding carboxylic acids is 1. The van der Waals surface area contributed by atoms with Gasteiger partial charge < -0.3 is 5.32 Å². The van der Waals surface area contributed by atoms with E-state index in [1.165, 1.54) is 6.08 Å². The highest BCUT2D eigenvalue weighted by Gasteiger charge is 2.60. The largest absolute Gasteiger partial charge is 0.459 e. The summed E-state index contributed by atoms with van der Waals surface area (Å²) in [4.78, 5) is 36.7. The average Bonchev–Trinajstić information content (AvgIpc) is 2.63. The molecule has 0 bridgehead atoms. The molecule has 1 N–H and O–H groups in total. The van der Waals surface area contributed by atoms with E-state index in [-0.39, 0.29) is 27.3 Å². The predicted molar refractivity (Wildman–Crippen MR) is 94.7 cm³/mol. The van der Waals surface area contributed by atoms with E-state index in [4.69, 9.17) is 11.6 Å². The van der Waals surface area contributed by atoms with Crippen molar-refractivity contribution in [3.63, 3.8) is 0 Å². The molecule has 0 atom stereocenters. The predicted octanol–water partition coefficient (Wildman–Crippen LogP) is 2.90. The first-order chi connectivity index (χ1) is 13.7. The molecule has 0 aliphatic carbocycles. The van der Waals surface area contributed by atoms with Gasteiger partial charge in [0.1, 0.15) is 11.5 Å². The third kappa shape index (κ3) is 3.99. The molecule has 1 amide bonds. The summed E-state index contributed by atoms with van der Waals surface area (Å²) in [5.41, 5.74) is -6.54. The van der Waals surface area contributed by atoms with Crippen molar-refractivity contribution in [2.24, 2.45) is 7.05 Å². The van der Waals surface area contributed by atoms with Crippen LogP contribution in [0.5, 0.6) is 0 Å². The highest BCUT2D eigenvalue weighted by molar-refractivity contribution is 6.34. The van der Waals surface area contributed by atoms with Crippen molar-refractivity contribution in [1.29, 1.82) is 0 Å². The van der Waals surface area contributed by atoms with Gasteiger partial charge in [0.2, 0.25) is 0 Å². The maximum Gasteiger partial charge on any atom is 0.459 e. The van der Waals surface area contributed by atoms with Crippen LogP contribution in [0.2, 0.25) is 5.02 Å². The van der Waals surface area contributed by atoms with E-state index in [1.807, 2.05) is 0 Å². The summed E-state index contributed by atoms with van der Waals surface area (Å²) in [6.45, 7) is 3.36. The summed E-state index contributed by atoms with van der Waals surface area (Å²) in [5.74, 6) is -7.66. The van der Waals surface area contributed by atoms with Crippen molar-refractivity contribution in [2.75, 3.05) is 6.54 Å². The van der Waals surface area contributed by atoms with Gasteiger partial charge in [0, 0.05) is 19.7 Å². The lowest BCUT2D eigenvalue weighted by Crippen LogP contribution is -2.45. The number of aromatic nitrogens is 2. The van der Waals surface area contributed by atoms with Crippen molar-refractivity contribution in [3.8, 4) is 5.69 Å². The van der Waals surface area contributed by atoms with Crippen LogP contribution in [-0.2, 0) is 13.0 Å². The quantitative estimate of drug-likeness (QED) is 0.556. The standard InChI is InChI=1S/C17H12ClF6N3O3/c1-3-4-25-14(29)8-5-11(10(19)6-9(8)18)27-13(28)7-12(26(2)15(27)30)16(20,21)17(22,23)24/h3,5-7H,1,4H2,2H3,(H,25,29). The second-order valence-corrected chi connectivity index (χ2v) is 6.31. The Labute approximate surface area is 169 Å². The molecule has 0 fully saturated rings. The van der Waals surface area contributed by atoms with Crippen LogP contribution < -0.4 is 16.6 Å². The van der Waals surface area contributed by atoms with Crippen molar-refractivity contribution in [1.82, 2.24) is 14.5 Å². The van der Waals surface area contributed by atoms with Gasteiger partial charge in [-0.05, 0) is 12.1 Å². The van der Waals surface area contributed by atoms with Gasteiger partial charge in [-0.2, -0.15) is 22.0 Å². The van der Waals surface area contributed by atoms with Gasteiger partial charge in [-0.3, -0.25) is 14.2 Å². The number of alkyl halides is 5. The second-order valence-electron chi connectivity index (χ2n) is 5.90. The first-order valence-corrected chi connectivity index (χ1v) is 8.28. The molecule has 13 heteroatoms. The molecule has 162 valence electrons. The summed E-state index contributed by atoms with van der Waals surface area (Å²) < 4.78 is 79.5. The Morgan fingerprint density at radius 3 is 2.33 bits per heavy atom. The molecule has 1 aromatic heterocycles. The molecule has 0 saturated heterocycles. The number of benzene rings is 1. The Bertz CT molecular complexity index is 1140. The van der Waals surface area contributed by atoms with Crippen molar-refractivity contribution < 1.29 is 31.1 Å². The minimum Gasteiger partial charge on any atom is -0.349 e. The summed E-state index contributed by atoms with van der Waals surface area (Å²) in [6, 6.07) is 1.14. The third-order valence-corrected chi connectivity index (χ3v) is 4.24. The zero-order valence-electron chi connectivity index (χ0n) is 15.0. The van der Waals surface area contributed by atoms with Crippen LogP contribution in [0, 0.1) is 5.82 Å². The van der Waals surface area contributed by atoms with Crippen LogP contribution in [0.25, 0.3) is 5.69 Å². The molecule has 2 aromatic rings. The van der Waals surface area contributed by atoms with Gasteiger partial charge in [0.25, 0.3) is 11.5 Å². The van der Waals surface area contributed by atoms with E-state index in [2.05, 4.69) is 11.9 Å². The first-order valence-electron chi connectivity index (χ1n) is 7.90. The van der Waals surface area contributed by atoms with Gasteiger partial charge in [-0.1, -0.05) is 17.7 Å². The number of carbonyl (C=O) groups is 1. The van der Waals surface area contributed by atoms with Gasteiger partial charge in [-0.15, -0.1) is 6.58 Å². The normalized spacial score (nSPS) is 12.0. The van der Waals surface area contributed by atoms with E-state index in [0.717, 1.165) is 0 Å². The van der Waals surface area contributed by atoms with Gasteiger partial charge in [-0.25, -0.2) is 13.8 Å². The number of halogens is 7. The molecule has 0 unspecified atom stereocenters. The molecular formula is C17H12ClF6N3O3. The van der Waals surface area contributed by atoms with Crippen LogP contribution in [0.4, 0.5) is 26.3 Å². The van der Waals surface area contributed by atoms with E-state index >= 15 is 0 Å². The second kappa shape index (κ2) is 8.01. The third-order valence-electron chi connectivity index (χ3n) is 3.93. The Morgan fingerprint density at radius 1 is 1.20 bits per heavy atom. The smallest absolute Gasteiger partial charge is 0.349 e. The lowest BCUT2D eigenvalue weighted by atomic mass is 10.1. The lowest BCUT2D eigenvalue weighted by Gasteiger charge is -2.22. The van der Waals surface area contributed by atoms with Crippen molar-refractivity contribution in [3.05, 3.63) is 73.8 Å².